The molecular weight excluding hydrogens is 544 g/mol. The maximum Gasteiger partial charge on any atom is 0.328 e. The minimum absolute atomic E-state index is 0.302. The largest absolute Gasteiger partial charge is 0.493 e. The van der Waals surface area contributed by atoms with E-state index < -0.39 is 45.7 Å². The third-order valence-corrected chi connectivity index (χ3v) is 9.28. The Kier molecular flexibility index (Phi) is 6.95. The SMILES string of the molecule is COc1ccc(C2c3sc(=O)n(CC(=O)Nc4ccc(C)cc4)c3SC3C(=O)N(C(N)=O)C(=O)C32)cc1OC. The smallest absolute Gasteiger partial charge is 0.328 e. The maximum atomic E-state index is 13.3. The van der Waals surface area contributed by atoms with Crippen molar-refractivity contribution in [3.63, 3.8) is 0 Å². The summed E-state index contributed by atoms with van der Waals surface area (Å²) in [5, 5.41) is 2.14. The third-order valence-electron chi connectivity index (χ3n) is 6.67. The van der Waals surface area contributed by atoms with Gasteiger partial charge >= 0.3 is 10.9 Å². The molecule has 11 nitrogen and oxygen atoms in total. The molecule has 2 aliphatic heterocycles. The van der Waals surface area contributed by atoms with E-state index >= 15 is 0 Å². The Hall–Kier alpha value is -4.10. The summed E-state index contributed by atoms with van der Waals surface area (Å²) in [5.74, 6) is -2.85. The summed E-state index contributed by atoms with van der Waals surface area (Å²) >= 11 is 1.88. The summed E-state index contributed by atoms with van der Waals surface area (Å²) in [7, 11) is 2.95. The van der Waals surface area contributed by atoms with E-state index in [9.17, 15) is 24.0 Å². The van der Waals surface area contributed by atoms with Crippen molar-refractivity contribution in [2.75, 3.05) is 19.5 Å². The molecule has 0 spiro atoms. The van der Waals surface area contributed by atoms with Crippen LogP contribution in [0.4, 0.5) is 10.5 Å². The fourth-order valence-corrected chi connectivity index (χ4v) is 7.63. The Labute approximate surface area is 230 Å². The van der Waals surface area contributed by atoms with Crippen LogP contribution in [-0.4, -0.2) is 52.7 Å². The molecule has 0 aliphatic carbocycles. The molecule has 3 atom stereocenters. The Balaban J connectivity index is 1.59. The summed E-state index contributed by atoms with van der Waals surface area (Å²) in [5.41, 5.74) is 7.56. The topological polar surface area (TPSA) is 150 Å². The molecule has 0 saturated carbocycles. The molecule has 1 saturated heterocycles. The van der Waals surface area contributed by atoms with Gasteiger partial charge in [-0.25, -0.2) is 4.79 Å². The van der Waals surface area contributed by atoms with Crippen LogP contribution in [0.2, 0.25) is 0 Å². The van der Waals surface area contributed by atoms with Gasteiger partial charge in [0.1, 0.15) is 11.8 Å². The van der Waals surface area contributed by atoms with E-state index in [0.29, 0.717) is 37.6 Å². The third kappa shape index (κ3) is 4.57. The number of thioether (sulfide) groups is 1. The zero-order valence-corrected chi connectivity index (χ0v) is 22.8. The van der Waals surface area contributed by atoms with Gasteiger partial charge in [-0.2, -0.15) is 4.90 Å². The lowest BCUT2D eigenvalue weighted by molar-refractivity contribution is -0.135. The molecule has 0 bridgehead atoms. The standard InChI is InChI=1S/C26H24N4O7S2/c1-12-4-7-14(8-5-12)28-17(31)11-29-24-21(39-26(29)35)18(13-6-9-15(36-2)16(10-13)37-3)19-20(38-24)23(33)30(22(19)32)25(27)34/h4-10,18-20H,11H2,1-3H3,(H2,27,34)(H,28,31). The Morgan fingerprint density at radius 3 is 2.33 bits per heavy atom. The highest BCUT2D eigenvalue weighted by atomic mass is 32.2. The summed E-state index contributed by atoms with van der Waals surface area (Å²) in [6.45, 7) is 1.62. The van der Waals surface area contributed by atoms with Crippen molar-refractivity contribution in [1.29, 1.82) is 0 Å². The molecule has 5 rings (SSSR count). The van der Waals surface area contributed by atoms with Gasteiger partial charge in [0.15, 0.2) is 11.5 Å². The number of nitrogens with one attached hydrogen (secondary N) is 1. The number of aromatic nitrogens is 1. The maximum absolute atomic E-state index is 13.3. The predicted octanol–water partition coefficient (Wildman–Crippen LogP) is 2.54. The first-order chi connectivity index (χ1) is 18.6. The second-order valence-corrected chi connectivity index (χ2v) is 11.2. The van der Waals surface area contributed by atoms with Crippen molar-refractivity contribution < 1.29 is 28.7 Å². The zero-order valence-electron chi connectivity index (χ0n) is 21.1. The van der Waals surface area contributed by atoms with E-state index in [1.807, 2.05) is 19.1 Å². The van der Waals surface area contributed by atoms with Crippen molar-refractivity contribution in [3.8, 4) is 11.5 Å². The van der Waals surface area contributed by atoms with Gasteiger partial charge in [0.25, 0.3) is 5.91 Å². The zero-order chi connectivity index (χ0) is 28.0. The number of aryl methyl sites for hydroxylation is 1. The van der Waals surface area contributed by atoms with E-state index in [0.717, 1.165) is 28.7 Å². The number of carbonyl (C=O) groups excluding carboxylic acids is 4. The number of imide groups is 3. The Morgan fingerprint density at radius 2 is 1.69 bits per heavy atom. The summed E-state index contributed by atoms with van der Waals surface area (Å²) in [6, 6.07) is 11.1. The number of ether oxygens (including phenoxy) is 2. The van der Waals surface area contributed by atoms with Crippen LogP contribution in [0.25, 0.3) is 0 Å². The number of benzene rings is 2. The molecular formula is C26H24N4O7S2. The van der Waals surface area contributed by atoms with Crippen LogP contribution in [0.15, 0.2) is 52.3 Å². The molecule has 3 heterocycles. The van der Waals surface area contributed by atoms with Crippen molar-refractivity contribution in [2.45, 2.75) is 29.7 Å². The molecule has 2 aromatic carbocycles. The minimum atomic E-state index is -1.16. The molecule has 1 aromatic heterocycles. The van der Waals surface area contributed by atoms with Crippen LogP contribution >= 0.6 is 23.1 Å². The molecule has 3 aromatic rings. The number of hydrogen-bond acceptors (Lipinski definition) is 9. The van der Waals surface area contributed by atoms with Gasteiger partial charge in [0.05, 0.1) is 25.2 Å². The van der Waals surface area contributed by atoms with Crippen LogP contribution in [0, 0.1) is 12.8 Å². The van der Waals surface area contributed by atoms with E-state index in [2.05, 4.69) is 5.32 Å². The summed E-state index contributed by atoms with van der Waals surface area (Å²) in [6.07, 6.45) is 0. The quantitative estimate of drug-likeness (QED) is 0.431. The number of likely N-dealkylation sites (tertiary alicyclic amines) is 1. The number of nitrogens with two attached hydrogens (primary N) is 1. The molecule has 5 amide bonds. The van der Waals surface area contributed by atoms with E-state index in [-0.39, 0.29) is 6.54 Å². The normalized spacial score (nSPS) is 19.9. The predicted molar refractivity (Wildman–Crippen MR) is 144 cm³/mol. The molecule has 0 radical (unpaired) electrons. The van der Waals surface area contributed by atoms with Crippen molar-refractivity contribution in [3.05, 3.63) is 68.1 Å². The van der Waals surface area contributed by atoms with E-state index in [1.54, 1.807) is 30.3 Å². The van der Waals surface area contributed by atoms with Gasteiger partial charge in [-0.3, -0.25) is 23.7 Å². The fourth-order valence-electron chi connectivity index (χ4n) is 4.86. The van der Waals surface area contributed by atoms with Crippen LogP contribution in [0.5, 0.6) is 11.5 Å². The number of primary amides is 1. The van der Waals surface area contributed by atoms with Gasteiger partial charge in [0.2, 0.25) is 11.8 Å². The number of anilines is 1. The Morgan fingerprint density at radius 1 is 1.00 bits per heavy atom. The highest BCUT2D eigenvalue weighted by molar-refractivity contribution is 8.00. The summed E-state index contributed by atoms with van der Waals surface area (Å²) in [4.78, 5) is 65.2. The van der Waals surface area contributed by atoms with E-state index in [4.69, 9.17) is 15.2 Å². The lowest BCUT2D eigenvalue weighted by Gasteiger charge is -2.31. The number of fused-ring (bicyclic) bond motifs is 2. The number of urea groups is 1. The van der Waals surface area contributed by atoms with Gasteiger partial charge < -0.3 is 20.5 Å². The number of hydrogen-bond donors (Lipinski definition) is 2. The molecule has 13 heteroatoms. The van der Waals surface area contributed by atoms with Gasteiger partial charge in [-0.05, 0) is 36.8 Å². The van der Waals surface area contributed by atoms with Gasteiger partial charge in [-0.1, -0.05) is 46.9 Å². The second-order valence-electron chi connectivity index (χ2n) is 9.04. The molecule has 3 N–H and O–H groups in total. The Bertz CT molecular complexity index is 1560. The van der Waals surface area contributed by atoms with Crippen molar-refractivity contribution in [2.24, 2.45) is 11.7 Å². The first-order valence-electron chi connectivity index (χ1n) is 11.8. The van der Waals surface area contributed by atoms with Crippen LogP contribution < -0.4 is 25.4 Å². The van der Waals surface area contributed by atoms with Gasteiger partial charge in [-0.15, -0.1) is 0 Å². The van der Waals surface area contributed by atoms with Crippen LogP contribution in [-0.2, 0) is 20.9 Å². The number of nitrogens with zero attached hydrogens (tertiary/aromatic N) is 2. The van der Waals surface area contributed by atoms with Crippen LogP contribution in [0.1, 0.15) is 21.9 Å². The highest BCUT2D eigenvalue weighted by Crippen LogP contribution is 2.54. The van der Waals surface area contributed by atoms with Crippen LogP contribution in [0.3, 0.4) is 0 Å². The molecule has 3 unspecified atom stereocenters. The first kappa shape index (κ1) is 26.5. The highest BCUT2D eigenvalue weighted by Gasteiger charge is 2.58. The molecule has 1 fully saturated rings. The number of methoxy groups -OCH3 is 2. The number of thiazole rings is 1. The minimum Gasteiger partial charge on any atom is -0.493 e. The molecule has 2 aliphatic rings. The average molecular weight is 569 g/mol. The average Bonchev–Trinajstić information content (AvgIpc) is 3.35. The number of amides is 5. The van der Waals surface area contributed by atoms with Gasteiger partial charge in [0, 0.05) is 16.5 Å². The fraction of sp³-hybridized carbons (Fsp3) is 0.269. The van der Waals surface area contributed by atoms with E-state index in [1.165, 1.54) is 18.8 Å². The number of carbonyl (C=O) groups is 4. The lowest BCUT2D eigenvalue weighted by atomic mass is 9.83. The van der Waals surface area contributed by atoms with Crippen molar-refractivity contribution >= 4 is 52.5 Å². The monoisotopic (exact) mass is 568 g/mol. The molecule has 39 heavy (non-hydrogen) atoms. The summed E-state index contributed by atoms with van der Waals surface area (Å²) < 4.78 is 12.1. The second kappa shape index (κ2) is 10.2. The lowest BCUT2D eigenvalue weighted by Crippen LogP contribution is -2.41. The molecule has 202 valence electrons. The first-order valence-corrected chi connectivity index (χ1v) is 13.5. The van der Waals surface area contributed by atoms with Crippen molar-refractivity contribution in [1.82, 2.24) is 9.47 Å². The number of rotatable bonds is 6.